The molecule has 0 aromatic heterocycles. The summed E-state index contributed by atoms with van der Waals surface area (Å²) in [6, 6.07) is -0.103. The first-order valence-corrected chi connectivity index (χ1v) is 7.70. The third-order valence-electron chi connectivity index (χ3n) is 5.53. The van der Waals surface area contributed by atoms with Gasteiger partial charge in [0.1, 0.15) is 11.6 Å². The minimum atomic E-state index is -0.568. The highest BCUT2D eigenvalue weighted by molar-refractivity contribution is 6.00. The second-order valence-corrected chi connectivity index (χ2v) is 6.60. The van der Waals surface area contributed by atoms with Crippen molar-refractivity contribution in [1.29, 1.82) is 0 Å². The third-order valence-corrected chi connectivity index (χ3v) is 5.53. The standard InChI is InChI=1S/C15H24N2O2/c1-10(12-6-5-7-12)17-11(2)13(18)16-15(14(17)19)8-3-4-9-15/h10-12H,3-9H2,1-2H3,(H,16,18). The number of carbonyl (C=O) groups is 2. The van der Waals surface area contributed by atoms with Gasteiger partial charge in [-0.25, -0.2) is 0 Å². The molecular formula is C15H24N2O2. The van der Waals surface area contributed by atoms with Gasteiger partial charge in [-0.1, -0.05) is 19.3 Å². The maximum atomic E-state index is 12.9. The van der Waals surface area contributed by atoms with Crippen molar-refractivity contribution in [2.75, 3.05) is 0 Å². The Morgan fingerprint density at radius 2 is 1.84 bits per heavy atom. The van der Waals surface area contributed by atoms with Gasteiger partial charge in [0.25, 0.3) is 0 Å². The Hall–Kier alpha value is -1.06. The Balaban J connectivity index is 1.86. The number of carbonyl (C=O) groups excluding carboxylic acids is 2. The molecule has 2 aliphatic carbocycles. The molecule has 4 heteroatoms. The van der Waals surface area contributed by atoms with Gasteiger partial charge < -0.3 is 10.2 Å². The van der Waals surface area contributed by atoms with Gasteiger partial charge in [-0.2, -0.15) is 0 Å². The molecule has 4 nitrogen and oxygen atoms in total. The fourth-order valence-electron chi connectivity index (χ4n) is 3.95. The van der Waals surface area contributed by atoms with Crippen LogP contribution < -0.4 is 5.32 Å². The largest absolute Gasteiger partial charge is 0.340 e. The van der Waals surface area contributed by atoms with Crippen molar-refractivity contribution in [1.82, 2.24) is 10.2 Å². The normalized spacial score (nSPS) is 32.3. The lowest BCUT2D eigenvalue weighted by atomic mass is 9.78. The van der Waals surface area contributed by atoms with Crippen LogP contribution in [0.25, 0.3) is 0 Å². The van der Waals surface area contributed by atoms with Gasteiger partial charge in [-0.3, -0.25) is 9.59 Å². The Morgan fingerprint density at radius 3 is 2.37 bits per heavy atom. The van der Waals surface area contributed by atoms with Crippen LogP contribution in [0.4, 0.5) is 0 Å². The molecule has 1 heterocycles. The molecule has 1 aliphatic heterocycles. The molecule has 2 amide bonds. The molecular weight excluding hydrogens is 240 g/mol. The van der Waals surface area contributed by atoms with Gasteiger partial charge >= 0.3 is 0 Å². The van der Waals surface area contributed by atoms with E-state index in [-0.39, 0.29) is 23.9 Å². The molecule has 0 bridgehead atoms. The summed E-state index contributed by atoms with van der Waals surface area (Å²) in [5.74, 6) is 0.805. The molecule has 0 aromatic carbocycles. The lowest BCUT2D eigenvalue weighted by Gasteiger charge is -2.49. The number of amides is 2. The summed E-state index contributed by atoms with van der Waals surface area (Å²) in [5.41, 5.74) is -0.568. The molecule has 1 N–H and O–H groups in total. The van der Waals surface area contributed by atoms with E-state index in [0.29, 0.717) is 5.92 Å². The molecule has 2 saturated carbocycles. The summed E-state index contributed by atoms with van der Waals surface area (Å²) in [5, 5.41) is 3.02. The minimum absolute atomic E-state index is 0.0349. The minimum Gasteiger partial charge on any atom is -0.340 e. The fourth-order valence-corrected chi connectivity index (χ4v) is 3.95. The van der Waals surface area contributed by atoms with Crippen LogP contribution >= 0.6 is 0 Å². The highest BCUT2D eigenvalue weighted by atomic mass is 16.2. The van der Waals surface area contributed by atoms with Crippen LogP contribution in [-0.2, 0) is 9.59 Å². The molecule has 0 radical (unpaired) electrons. The zero-order valence-corrected chi connectivity index (χ0v) is 11.9. The number of nitrogens with zero attached hydrogens (tertiary/aromatic N) is 1. The molecule has 3 aliphatic rings. The lowest BCUT2D eigenvalue weighted by Crippen LogP contribution is -2.71. The van der Waals surface area contributed by atoms with Crippen LogP contribution in [0.3, 0.4) is 0 Å². The van der Waals surface area contributed by atoms with Gasteiger partial charge in [0.15, 0.2) is 0 Å². The first-order chi connectivity index (χ1) is 9.05. The molecule has 1 saturated heterocycles. The molecule has 2 unspecified atom stereocenters. The summed E-state index contributed by atoms with van der Waals surface area (Å²) in [7, 11) is 0. The molecule has 19 heavy (non-hydrogen) atoms. The number of hydrogen-bond donors (Lipinski definition) is 1. The van der Waals surface area contributed by atoms with Crippen molar-refractivity contribution in [3.05, 3.63) is 0 Å². The highest BCUT2D eigenvalue weighted by Crippen LogP contribution is 2.39. The van der Waals surface area contributed by atoms with Crippen molar-refractivity contribution in [2.24, 2.45) is 5.92 Å². The average molecular weight is 264 g/mol. The maximum absolute atomic E-state index is 12.9. The van der Waals surface area contributed by atoms with Crippen molar-refractivity contribution in [3.8, 4) is 0 Å². The second-order valence-electron chi connectivity index (χ2n) is 6.60. The highest BCUT2D eigenvalue weighted by Gasteiger charge is 2.52. The molecule has 2 atom stereocenters. The first kappa shape index (κ1) is 12.9. The van der Waals surface area contributed by atoms with E-state index in [4.69, 9.17) is 0 Å². The number of rotatable bonds is 2. The lowest BCUT2D eigenvalue weighted by molar-refractivity contribution is -0.158. The summed E-state index contributed by atoms with van der Waals surface area (Å²) < 4.78 is 0. The molecule has 1 spiro atoms. The topological polar surface area (TPSA) is 49.4 Å². The quantitative estimate of drug-likeness (QED) is 0.827. The van der Waals surface area contributed by atoms with E-state index < -0.39 is 5.54 Å². The summed E-state index contributed by atoms with van der Waals surface area (Å²) >= 11 is 0. The third kappa shape index (κ3) is 1.87. The average Bonchev–Trinajstić information content (AvgIpc) is 2.74. The van der Waals surface area contributed by atoms with E-state index in [1.165, 1.54) is 19.3 Å². The van der Waals surface area contributed by atoms with Crippen molar-refractivity contribution >= 4 is 11.8 Å². The Labute approximate surface area is 114 Å². The van der Waals surface area contributed by atoms with Gasteiger partial charge in [0.2, 0.25) is 11.8 Å². The van der Waals surface area contributed by atoms with Crippen molar-refractivity contribution < 1.29 is 9.59 Å². The van der Waals surface area contributed by atoms with Crippen LogP contribution in [-0.4, -0.2) is 34.3 Å². The van der Waals surface area contributed by atoms with E-state index in [2.05, 4.69) is 12.2 Å². The zero-order chi connectivity index (χ0) is 13.6. The van der Waals surface area contributed by atoms with Crippen LogP contribution in [0.1, 0.15) is 58.8 Å². The maximum Gasteiger partial charge on any atom is 0.249 e. The van der Waals surface area contributed by atoms with Gasteiger partial charge in [0, 0.05) is 6.04 Å². The predicted molar refractivity (Wildman–Crippen MR) is 72.5 cm³/mol. The SMILES string of the molecule is CC1C(=O)NC2(CCCC2)C(=O)N1C(C)C1CCC1. The van der Waals surface area contributed by atoms with E-state index in [0.717, 1.165) is 25.7 Å². The van der Waals surface area contributed by atoms with Crippen LogP contribution in [0.5, 0.6) is 0 Å². The summed E-state index contributed by atoms with van der Waals surface area (Å²) in [4.78, 5) is 27.0. The monoisotopic (exact) mass is 264 g/mol. The van der Waals surface area contributed by atoms with E-state index in [9.17, 15) is 9.59 Å². The van der Waals surface area contributed by atoms with Crippen LogP contribution in [0.15, 0.2) is 0 Å². The van der Waals surface area contributed by atoms with E-state index in [1.54, 1.807) is 0 Å². The summed E-state index contributed by atoms with van der Waals surface area (Å²) in [6.07, 6.45) is 7.40. The van der Waals surface area contributed by atoms with Crippen LogP contribution in [0, 0.1) is 5.92 Å². The Kier molecular flexibility index (Phi) is 3.06. The fraction of sp³-hybridized carbons (Fsp3) is 0.867. The van der Waals surface area contributed by atoms with Gasteiger partial charge in [-0.15, -0.1) is 0 Å². The van der Waals surface area contributed by atoms with Crippen molar-refractivity contribution in [3.63, 3.8) is 0 Å². The predicted octanol–water partition coefficient (Wildman–Crippen LogP) is 1.83. The molecule has 3 rings (SSSR count). The van der Waals surface area contributed by atoms with E-state index in [1.807, 2.05) is 11.8 Å². The number of piperazine rings is 1. The van der Waals surface area contributed by atoms with Gasteiger partial charge in [-0.05, 0) is 45.4 Å². The number of hydrogen-bond acceptors (Lipinski definition) is 2. The summed E-state index contributed by atoms with van der Waals surface area (Å²) in [6.45, 7) is 3.99. The van der Waals surface area contributed by atoms with Crippen molar-refractivity contribution in [2.45, 2.75) is 76.4 Å². The van der Waals surface area contributed by atoms with E-state index >= 15 is 0 Å². The Bertz CT molecular complexity index is 397. The second kappa shape index (κ2) is 4.50. The Morgan fingerprint density at radius 1 is 1.21 bits per heavy atom. The smallest absolute Gasteiger partial charge is 0.249 e. The zero-order valence-electron chi connectivity index (χ0n) is 11.9. The van der Waals surface area contributed by atoms with Gasteiger partial charge in [0.05, 0.1) is 0 Å². The number of nitrogens with one attached hydrogen (secondary N) is 1. The molecule has 106 valence electrons. The first-order valence-electron chi connectivity index (χ1n) is 7.70. The molecule has 3 fully saturated rings. The molecule has 0 aromatic rings. The van der Waals surface area contributed by atoms with Crippen LogP contribution in [0.2, 0.25) is 0 Å².